The Morgan fingerprint density at radius 3 is 2.68 bits per heavy atom. The second kappa shape index (κ2) is 5.21. The molecule has 0 bridgehead atoms. The number of aryl methyl sites for hydroxylation is 1. The highest BCUT2D eigenvalue weighted by molar-refractivity contribution is 6.34. The van der Waals surface area contributed by atoms with Crippen LogP contribution in [0.15, 0.2) is 18.2 Å². The molecule has 1 aliphatic heterocycles. The number of hydrogen-bond acceptors (Lipinski definition) is 2. The van der Waals surface area contributed by atoms with E-state index in [4.69, 9.17) is 11.6 Å². The average Bonchev–Trinajstić information content (AvgIpc) is 2.34. The van der Waals surface area contributed by atoms with E-state index in [1.165, 1.54) is 4.90 Å². The summed E-state index contributed by atoms with van der Waals surface area (Å²) in [6.07, 6.45) is 0. The molecule has 5 heteroatoms. The van der Waals surface area contributed by atoms with Gasteiger partial charge in [-0.25, -0.2) is 0 Å². The molecule has 4 nitrogen and oxygen atoms in total. The molecule has 102 valence electrons. The predicted molar refractivity (Wildman–Crippen MR) is 75.3 cm³/mol. The molecule has 0 saturated carbocycles. The molecule has 2 rings (SSSR count). The van der Waals surface area contributed by atoms with Crippen molar-refractivity contribution in [2.45, 2.75) is 26.8 Å². The first kappa shape index (κ1) is 13.9. The summed E-state index contributed by atoms with van der Waals surface area (Å²) in [6.45, 7) is 5.76. The van der Waals surface area contributed by atoms with E-state index in [1.807, 2.05) is 32.9 Å². The highest BCUT2D eigenvalue weighted by atomic mass is 35.5. The standard InChI is InChI=1S/C14H17ClN2O2/c1-8(2)13-14(19)17(7-12(18)16-13)11-6-9(3)4-5-10(11)15/h4-6,8,13H,7H2,1-3H3,(H,16,18). The van der Waals surface area contributed by atoms with Crippen LogP contribution in [0.4, 0.5) is 5.69 Å². The van der Waals surface area contributed by atoms with Gasteiger partial charge in [-0.15, -0.1) is 0 Å². The number of rotatable bonds is 2. The number of carbonyl (C=O) groups excluding carboxylic acids is 2. The molecule has 1 aromatic carbocycles. The van der Waals surface area contributed by atoms with Gasteiger partial charge in [0.2, 0.25) is 11.8 Å². The summed E-state index contributed by atoms with van der Waals surface area (Å²) >= 11 is 6.14. The van der Waals surface area contributed by atoms with Crippen molar-refractivity contribution in [1.29, 1.82) is 0 Å². The van der Waals surface area contributed by atoms with Crippen molar-refractivity contribution in [2.75, 3.05) is 11.4 Å². The van der Waals surface area contributed by atoms with Gasteiger partial charge in [0.15, 0.2) is 0 Å². The summed E-state index contributed by atoms with van der Waals surface area (Å²) in [5.41, 5.74) is 1.60. The third-order valence-electron chi connectivity index (χ3n) is 3.21. The lowest BCUT2D eigenvalue weighted by Gasteiger charge is -2.34. The molecule has 1 fully saturated rings. The summed E-state index contributed by atoms with van der Waals surface area (Å²) in [6, 6.07) is 4.96. The van der Waals surface area contributed by atoms with Gasteiger partial charge < -0.3 is 5.32 Å². The molecular weight excluding hydrogens is 264 g/mol. The number of piperazine rings is 1. The van der Waals surface area contributed by atoms with Gasteiger partial charge in [-0.05, 0) is 30.5 Å². The molecular formula is C14H17ClN2O2. The Morgan fingerprint density at radius 2 is 2.05 bits per heavy atom. The first-order valence-electron chi connectivity index (χ1n) is 6.27. The van der Waals surface area contributed by atoms with Crippen molar-refractivity contribution in [2.24, 2.45) is 5.92 Å². The summed E-state index contributed by atoms with van der Waals surface area (Å²) in [7, 11) is 0. The molecule has 0 aromatic heterocycles. The molecule has 0 aliphatic carbocycles. The number of hydrogen-bond donors (Lipinski definition) is 1. The topological polar surface area (TPSA) is 49.4 Å². The molecule has 1 N–H and O–H groups in total. The Labute approximate surface area is 117 Å². The molecule has 0 spiro atoms. The van der Waals surface area contributed by atoms with E-state index in [0.717, 1.165) is 5.56 Å². The van der Waals surface area contributed by atoms with Crippen LogP contribution in [0.1, 0.15) is 19.4 Å². The number of benzene rings is 1. The van der Waals surface area contributed by atoms with Crippen molar-refractivity contribution in [3.05, 3.63) is 28.8 Å². The molecule has 1 aliphatic rings. The molecule has 1 saturated heterocycles. The summed E-state index contributed by atoms with van der Waals surface area (Å²) in [5.74, 6) is -0.221. The molecule has 1 unspecified atom stereocenters. The number of amides is 2. The number of anilines is 1. The maximum absolute atomic E-state index is 12.4. The van der Waals surface area contributed by atoms with Crippen LogP contribution in [-0.2, 0) is 9.59 Å². The monoisotopic (exact) mass is 280 g/mol. The smallest absolute Gasteiger partial charge is 0.250 e. The summed E-state index contributed by atoms with van der Waals surface area (Å²) < 4.78 is 0. The van der Waals surface area contributed by atoms with Gasteiger partial charge in [0.1, 0.15) is 12.6 Å². The van der Waals surface area contributed by atoms with Crippen LogP contribution < -0.4 is 10.2 Å². The summed E-state index contributed by atoms with van der Waals surface area (Å²) in [4.78, 5) is 25.7. The minimum Gasteiger partial charge on any atom is -0.342 e. The van der Waals surface area contributed by atoms with Gasteiger partial charge in [-0.3, -0.25) is 14.5 Å². The Hall–Kier alpha value is -1.55. The average molecular weight is 281 g/mol. The van der Waals surface area contributed by atoms with Gasteiger partial charge in [0.05, 0.1) is 10.7 Å². The van der Waals surface area contributed by atoms with Crippen molar-refractivity contribution in [1.82, 2.24) is 5.32 Å². The van der Waals surface area contributed by atoms with Crippen molar-refractivity contribution >= 4 is 29.1 Å². The second-order valence-electron chi connectivity index (χ2n) is 5.17. The molecule has 1 atom stereocenters. The minimum absolute atomic E-state index is 0.0191. The second-order valence-corrected chi connectivity index (χ2v) is 5.58. The molecule has 2 amide bonds. The number of halogens is 1. The maximum Gasteiger partial charge on any atom is 0.250 e. The zero-order valence-corrected chi connectivity index (χ0v) is 12.0. The van der Waals surface area contributed by atoms with Gasteiger partial charge in [0.25, 0.3) is 0 Å². The lowest BCUT2D eigenvalue weighted by Crippen LogP contribution is -2.60. The molecule has 1 aromatic rings. The number of nitrogens with zero attached hydrogens (tertiary/aromatic N) is 1. The molecule has 19 heavy (non-hydrogen) atoms. The Kier molecular flexibility index (Phi) is 3.80. The largest absolute Gasteiger partial charge is 0.342 e. The van der Waals surface area contributed by atoms with E-state index < -0.39 is 6.04 Å². The minimum atomic E-state index is -0.488. The summed E-state index contributed by atoms with van der Waals surface area (Å²) in [5, 5.41) is 3.21. The van der Waals surface area contributed by atoms with E-state index in [9.17, 15) is 9.59 Å². The Morgan fingerprint density at radius 1 is 1.37 bits per heavy atom. The lowest BCUT2D eigenvalue weighted by atomic mass is 10.00. The lowest BCUT2D eigenvalue weighted by molar-refractivity contribution is -0.132. The predicted octanol–water partition coefficient (Wildman–Crippen LogP) is 2.14. The van der Waals surface area contributed by atoms with Crippen LogP contribution in [0.2, 0.25) is 5.02 Å². The normalized spacial score (nSPS) is 19.8. The first-order valence-corrected chi connectivity index (χ1v) is 6.65. The van der Waals surface area contributed by atoms with Crippen molar-refractivity contribution < 1.29 is 9.59 Å². The fourth-order valence-corrected chi connectivity index (χ4v) is 2.38. The third kappa shape index (κ3) is 2.73. The zero-order chi connectivity index (χ0) is 14.2. The van der Waals surface area contributed by atoms with Crippen LogP contribution in [0.5, 0.6) is 0 Å². The van der Waals surface area contributed by atoms with Crippen LogP contribution >= 0.6 is 11.6 Å². The van der Waals surface area contributed by atoms with Crippen LogP contribution in [0, 0.1) is 12.8 Å². The SMILES string of the molecule is Cc1ccc(Cl)c(N2CC(=O)NC(C(C)C)C2=O)c1. The molecule has 1 heterocycles. The van der Waals surface area contributed by atoms with Gasteiger partial charge in [0, 0.05) is 0 Å². The highest BCUT2D eigenvalue weighted by Gasteiger charge is 2.35. The van der Waals surface area contributed by atoms with Crippen LogP contribution in [-0.4, -0.2) is 24.4 Å². The van der Waals surface area contributed by atoms with E-state index in [0.29, 0.717) is 10.7 Å². The fourth-order valence-electron chi connectivity index (χ4n) is 2.16. The van der Waals surface area contributed by atoms with E-state index in [-0.39, 0.29) is 24.3 Å². The highest BCUT2D eigenvalue weighted by Crippen LogP contribution is 2.29. The van der Waals surface area contributed by atoms with Gasteiger partial charge >= 0.3 is 0 Å². The fraction of sp³-hybridized carbons (Fsp3) is 0.429. The Bertz CT molecular complexity index is 528. The van der Waals surface area contributed by atoms with Gasteiger partial charge in [-0.1, -0.05) is 31.5 Å². The van der Waals surface area contributed by atoms with E-state index in [2.05, 4.69) is 5.32 Å². The number of carbonyl (C=O) groups is 2. The Balaban J connectivity index is 2.40. The molecule has 0 radical (unpaired) electrons. The van der Waals surface area contributed by atoms with Crippen LogP contribution in [0.3, 0.4) is 0 Å². The van der Waals surface area contributed by atoms with Gasteiger partial charge in [-0.2, -0.15) is 0 Å². The quantitative estimate of drug-likeness (QED) is 0.902. The van der Waals surface area contributed by atoms with Crippen LogP contribution in [0.25, 0.3) is 0 Å². The third-order valence-corrected chi connectivity index (χ3v) is 3.53. The van der Waals surface area contributed by atoms with E-state index >= 15 is 0 Å². The van der Waals surface area contributed by atoms with Crippen molar-refractivity contribution in [3.8, 4) is 0 Å². The first-order chi connectivity index (χ1) is 8.90. The maximum atomic E-state index is 12.4. The van der Waals surface area contributed by atoms with Crippen molar-refractivity contribution in [3.63, 3.8) is 0 Å². The zero-order valence-electron chi connectivity index (χ0n) is 11.2. The number of nitrogens with one attached hydrogen (secondary N) is 1. The van der Waals surface area contributed by atoms with E-state index in [1.54, 1.807) is 6.07 Å².